The van der Waals surface area contributed by atoms with Gasteiger partial charge in [-0.25, -0.2) is 14.5 Å². The zero-order valence-electron chi connectivity index (χ0n) is 17.4. The third-order valence-corrected chi connectivity index (χ3v) is 6.81. The molecular formula is C22H23N5O3S. The minimum absolute atomic E-state index is 0.0135. The maximum atomic E-state index is 13.6. The van der Waals surface area contributed by atoms with Gasteiger partial charge in [-0.3, -0.25) is 19.6 Å². The third kappa shape index (κ3) is 3.75. The van der Waals surface area contributed by atoms with E-state index in [9.17, 15) is 9.59 Å². The van der Waals surface area contributed by atoms with Crippen LogP contribution in [0, 0.1) is 13.8 Å². The number of hydrogen-bond donors (Lipinski definition) is 1. The molecule has 1 atom stereocenters. The maximum absolute atomic E-state index is 13.6. The number of aromatic nitrogens is 4. The molecule has 1 saturated heterocycles. The molecule has 4 heterocycles. The zero-order valence-corrected chi connectivity index (χ0v) is 18.2. The Morgan fingerprint density at radius 3 is 2.94 bits per heavy atom. The molecule has 0 spiro atoms. The summed E-state index contributed by atoms with van der Waals surface area (Å²) in [6.07, 6.45) is 2.13. The van der Waals surface area contributed by atoms with Gasteiger partial charge in [0.2, 0.25) is 5.91 Å². The number of ether oxygens (including phenoxy) is 1. The van der Waals surface area contributed by atoms with Crippen LogP contribution in [0.2, 0.25) is 0 Å². The quantitative estimate of drug-likeness (QED) is 0.518. The van der Waals surface area contributed by atoms with Gasteiger partial charge < -0.3 is 4.74 Å². The third-order valence-electron chi connectivity index (χ3n) is 5.76. The molecule has 1 N–H and O–H groups in total. The molecule has 1 aliphatic heterocycles. The summed E-state index contributed by atoms with van der Waals surface area (Å²) in [5.41, 5.74) is 3.58. The first-order valence-electron chi connectivity index (χ1n) is 10.3. The van der Waals surface area contributed by atoms with Crippen LogP contribution in [0.4, 0.5) is 5.13 Å². The van der Waals surface area contributed by atoms with Gasteiger partial charge in [0.15, 0.2) is 10.8 Å². The molecule has 1 amide bonds. The standard InChI is InChI=1S/C22H23N5O3S/c1-13-16(14(2)27-19(23-13)11-20(28)25-27)10-21(29)26(12-15-6-5-9-30-15)22-24-17-7-3-4-8-18(17)31-22/h3-4,7-8,11,15H,5-6,9-10,12H2,1-2H3,(H,25,28). The molecular weight excluding hydrogens is 414 g/mol. The van der Waals surface area contributed by atoms with Gasteiger partial charge in [-0.2, -0.15) is 0 Å². The SMILES string of the molecule is Cc1nc2cc(=O)[nH]n2c(C)c1CC(=O)N(CC1CCCO1)c1nc2ccccc2s1. The molecule has 1 aliphatic rings. The number of anilines is 1. The fourth-order valence-corrected chi connectivity index (χ4v) is 5.10. The van der Waals surface area contributed by atoms with E-state index in [1.807, 2.05) is 38.1 Å². The lowest BCUT2D eigenvalue weighted by Crippen LogP contribution is -2.38. The lowest BCUT2D eigenvalue weighted by atomic mass is 10.1. The number of aryl methyl sites for hydroxylation is 2. The van der Waals surface area contributed by atoms with Gasteiger partial charge in [0.25, 0.3) is 5.56 Å². The highest BCUT2D eigenvalue weighted by Crippen LogP contribution is 2.30. The van der Waals surface area contributed by atoms with Crippen molar-refractivity contribution < 1.29 is 9.53 Å². The smallest absolute Gasteiger partial charge is 0.266 e. The number of H-pyrrole nitrogens is 1. The first-order chi connectivity index (χ1) is 15.0. The van der Waals surface area contributed by atoms with E-state index in [-0.39, 0.29) is 24.0 Å². The number of para-hydroxylation sites is 1. The number of benzene rings is 1. The lowest BCUT2D eigenvalue weighted by molar-refractivity contribution is -0.118. The van der Waals surface area contributed by atoms with Crippen LogP contribution >= 0.6 is 11.3 Å². The normalized spacial score (nSPS) is 16.4. The molecule has 4 aromatic rings. The van der Waals surface area contributed by atoms with E-state index < -0.39 is 0 Å². The highest BCUT2D eigenvalue weighted by molar-refractivity contribution is 7.22. The number of nitrogens with one attached hydrogen (secondary N) is 1. The lowest BCUT2D eigenvalue weighted by Gasteiger charge is -2.24. The number of carbonyl (C=O) groups excluding carboxylic acids is 1. The molecule has 8 nitrogen and oxygen atoms in total. The highest BCUT2D eigenvalue weighted by atomic mass is 32.1. The summed E-state index contributed by atoms with van der Waals surface area (Å²) in [7, 11) is 0. The van der Waals surface area contributed by atoms with Crippen LogP contribution < -0.4 is 10.5 Å². The number of thiazole rings is 1. The van der Waals surface area contributed by atoms with Crippen LogP contribution in [0.25, 0.3) is 15.9 Å². The first kappa shape index (κ1) is 19.9. The van der Waals surface area contributed by atoms with Gasteiger partial charge in [-0.15, -0.1) is 0 Å². The average Bonchev–Trinajstić information content (AvgIpc) is 3.48. The molecule has 1 fully saturated rings. The van der Waals surface area contributed by atoms with E-state index in [2.05, 4.69) is 10.1 Å². The molecule has 160 valence electrons. The number of hydrogen-bond acceptors (Lipinski definition) is 6. The van der Waals surface area contributed by atoms with Crippen LogP contribution in [-0.2, 0) is 16.0 Å². The molecule has 5 rings (SSSR count). The van der Waals surface area contributed by atoms with E-state index in [0.717, 1.165) is 46.6 Å². The van der Waals surface area contributed by atoms with Crippen molar-refractivity contribution in [3.8, 4) is 0 Å². The minimum atomic E-state index is -0.215. The summed E-state index contributed by atoms with van der Waals surface area (Å²) < 4.78 is 8.50. The average molecular weight is 438 g/mol. The Morgan fingerprint density at radius 2 is 2.16 bits per heavy atom. The molecule has 9 heteroatoms. The number of rotatable bonds is 5. The predicted molar refractivity (Wildman–Crippen MR) is 120 cm³/mol. The monoisotopic (exact) mass is 437 g/mol. The van der Waals surface area contributed by atoms with E-state index in [4.69, 9.17) is 9.72 Å². The molecule has 31 heavy (non-hydrogen) atoms. The zero-order chi connectivity index (χ0) is 21.5. The van der Waals surface area contributed by atoms with Gasteiger partial charge in [-0.1, -0.05) is 23.5 Å². The van der Waals surface area contributed by atoms with Crippen LogP contribution in [0.15, 0.2) is 35.1 Å². The van der Waals surface area contributed by atoms with Gasteiger partial charge >= 0.3 is 0 Å². The number of aromatic amines is 1. The fourth-order valence-electron chi connectivity index (χ4n) is 4.11. The predicted octanol–water partition coefficient (Wildman–Crippen LogP) is 3.00. The van der Waals surface area contributed by atoms with Crippen LogP contribution in [0.5, 0.6) is 0 Å². The van der Waals surface area contributed by atoms with E-state index >= 15 is 0 Å². The largest absolute Gasteiger partial charge is 0.376 e. The summed E-state index contributed by atoms with van der Waals surface area (Å²) >= 11 is 1.51. The van der Waals surface area contributed by atoms with Gasteiger partial charge in [0.05, 0.1) is 29.3 Å². The number of fused-ring (bicyclic) bond motifs is 2. The number of carbonyl (C=O) groups is 1. The minimum Gasteiger partial charge on any atom is -0.376 e. The Balaban J connectivity index is 1.51. The Morgan fingerprint density at radius 1 is 1.32 bits per heavy atom. The highest BCUT2D eigenvalue weighted by Gasteiger charge is 2.27. The Hall–Kier alpha value is -3.04. The molecule has 1 aromatic carbocycles. The van der Waals surface area contributed by atoms with E-state index in [1.54, 1.807) is 9.42 Å². The second-order valence-electron chi connectivity index (χ2n) is 7.86. The maximum Gasteiger partial charge on any atom is 0.266 e. The summed E-state index contributed by atoms with van der Waals surface area (Å²) in [4.78, 5) is 36.3. The second-order valence-corrected chi connectivity index (χ2v) is 8.86. The molecule has 0 saturated carbocycles. The Labute approximate surface area is 182 Å². The second kappa shape index (κ2) is 7.90. The van der Waals surface area contributed by atoms with Crippen LogP contribution in [0.1, 0.15) is 29.8 Å². The van der Waals surface area contributed by atoms with Crippen molar-refractivity contribution in [2.24, 2.45) is 0 Å². The van der Waals surface area contributed by atoms with Crippen LogP contribution in [0.3, 0.4) is 0 Å². The molecule has 3 aromatic heterocycles. The van der Waals surface area contributed by atoms with Crippen molar-refractivity contribution in [3.63, 3.8) is 0 Å². The van der Waals surface area contributed by atoms with Crippen molar-refractivity contribution in [3.05, 3.63) is 57.6 Å². The number of nitrogens with zero attached hydrogens (tertiary/aromatic N) is 4. The molecule has 0 radical (unpaired) electrons. The molecule has 0 aliphatic carbocycles. The molecule has 0 bridgehead atoms. The van der Waals surface area contributed by atoms with Crippen LogP contribution in [-0.4, -0.2) is 44.7 Å². The van der Waals surface area contributed by atoms with Gasteiger partial charge in [0.1, 0.15) is 0 Å². The summed E-state index contributed by atoms with van der Waals surface area (Å²) in [6.45, 7) is 4.97. The van der Waals surface area contributed by atoms with E-state index in [0.29, 0.717) is 17.3 Å². The topological polar surface area (TPSA) is 92.6 Å². The number of amides is 1. The summed E-state index contributed by atoms with van der Waals surface area (Å²) in [5.74, 6) is -0.0589. The van der Waals surface area contributed by atoms with Crippen molar-refractivity contribution in [1.29, 1.82) is 0 Å². The summed E-state index contributed by atoms with van der Waals surface area (Å²) in [5, 5.41) is 3.43. The Bertz CT molecular complexity index is 1300. The van der Waals surface area contributed by atoms with Crippen molar-refractivity contribution >= 4 is 38.2 Å². The van der Waals surface area contributed by atoms with Gasteiger partial charge in [0, 0.05) is 29.6 Å². The fraction of sp³-hybridized carbons (Fsp3) is 0.364. The molecule has 1 unspecified atom stereocenters. The van der Waals surface area contributed by atoms with Crippen molar-refractivity contribution in [2.45, 2.75) is 39.2 Å². The van der Waals surface area contributed by atoms with Gasteiger partial charge in [-0.05, 0) is 38.8 Å². The summed E-state index contributed by atoms with van der Waals surface area (Å²) in [6, 6.07) is 9.35. The Kier molecular flexibility index (Phi) is 5.07. The van der Waals surface area contributed by atoms with E-state index in [1.165, 1.54) is 17.4 Å². The van der Waals surface area contributed by atoms with Crippen molar-refractivity contribution in [2.75, 3.05) is 18.1 Å². The first-order valence-corrected chi connectivity index (χ1v) is 11.2. The van der Waals surface area contributed by atoms with Crippen molar-refractivity contribution in [1.82, 2.24) is 19.6 Å².